The van der Waals surface area contributed by atoms with E-state index in [9.17, 15) is 5.21 Å². The van der Waals surface area contributed by atoms with Crippen molar-refractivity contribution in [2.24, 2.45) is 22.2 Å². The lowest BCUT2D eigenvalue weighted by Gasteiger charge is -2.74. The molecule has 1 aromatic carbocycles. The second-order valence-corrected chi connectivity index (χ2v) is 8.60. The molecule has 5 bridgehead atoms. The maximum Gasteiger partial charge on any atom is 0.0968 e. The quantitative estimate of drug-likeness (QED) is 0.453. The summed E-state index contributed by atoms with van der Waals surface area (Å²) in [5, 5.41) is 13.4. The van der Waals surface area contributed by atoms with E-state index >= 15 is 0 Å². The lowest BCUT2D eigenvalue weighted by atomic mass is 9.37. The number of ether oxygens (including phenoxy) is 1. The molecule has 0 radical (unpaired) electrons. The summed E-state index contributed by atoms with van der Waals surface area (Å²) in [5.41, 5.74) is 3.22. The van der Waals surface area contributed by atoms with Crippen LogP contribution in [0.25, 0.3) is 0 Å². The van der Waals surface area contributed by atoms with Gasteiger partial charge >= 0.3 is 0 Å². The lowest BCUT2D eigenvalue weighted by molar-refractivity contribution is -0.915. The van der Waals surface area contributed by atoms with E-state index in [2.05, 4.69) is 36.9 Å². The van der Waals surface area contributed by atoms with Gasteiger partial charge in [-0.25, -0.2) is 0 Å². The Bertz CT molecular complexity index is 816. The molecule has 1 unspecified atom stereocenters. The van der Waals surface area contributed by atoms with E-state index in [0.29, 0.717) is 25.0 Å². The number of benzene rings is 1. The van der Waals surface area contributed by atoms with Crippen LogP contribution in [0.4, 0.5) is 5.69 Å². The van der Waals surface area contributed by atoms with E-state index in [4.69, 9.17) is 9.73 Å². The molecular formula is C20H22N2O2. The minimum Gasteiger partial charge on any atom is -0.633 e. The van der Waals surface area contributed by atoms with E-state index in [1.54, 1.807) is 0 Å². The van der Waals surface area contributed by atoms with Gasteiger partial charge in [0.1, 0.15) is 0 Å². The zero-order valence-electron chi connectivity index (χ0n) is 13.9. The Morgan fingerprint density at radius 1 is 1.42 bits per heavy atom. The van der Waals surface area contributed by atoms with Crippen LogP contribution in [0.15, 0.2) is 41.9 Å². The SMILES string of the molecule is C=C[C@]12C[N+](C)([O-])[C@H]3C[C@]14C(=Nc1ccccc14)[C@H]1C[C@@H]2[C@@H]3CO1. The fourth-order valence-electron chi connectivity index (χ4n) is 7.17. The smallest absolute Gasteiger partial charge is 0.0968 e. The van der Waals surface area contributed by atoms with Crippen molar-refractivity contribution < 1.29 is 9.38 Å². The summed E-state index contributed by atoms with van der Waals surface area (Å²) < 4.78 is 6.09. The average molecular weight is 322 g/mol. The van der Waals surface area contributed by atoms with Crippen molar-refractivity contribution in [3.8, 4) is 0 Å². The highest BCUT2D eigenvalue weighted by atomic mass is 16.5. The molecule has 6 aliphatic rings. The Balaban J connectivity index is 1.72. The van der Waals surface area contributed by atoms with Crippen LogP contribution in [0.3, 0.4) is 0 Å². The Hall–Kier alpha value is -1.49. The Morgan fingerprint density at radius 2 is 2.25 bits per heavy atom. The Labute approximate surface area is 142 Å². The van der Waals surface area contributed by atoms with E-state index in [1.807, 2.05) is 7.05 Å². The van der Waals surface area contributed by atoms with E-state index < -0.39 is 0 Å². The van der Waals surface area contributed by atoms with Crippen LogP contribution in [0.1, 0.15) is 18.4 Å². The first-order valence-corrected chi connectivity index (χ1v) is 9.03. The molecule has 4 heterocycles. The highest BCUT2D eigenvalue weighted by Gasteiger charge is 2.77. The number of hydrogen-bond donors (Lipinski definition) is 0. The van der Waals surface area contributed by atoms with Crippen LogP contribution in [0, 0.1) is 22.5 Å². The number of quaternary nitrogens is 1. The maximum atomic E-state index is 13.4. The summed E-state index contributed by atoms with van der Waals surface area (Å²) in [6, 6.07) is 8.61. The Kier molecular flexibility index (Phi) is 2.20. The fourth-order valence-corrected chi connectivity index (χ4v) is 7.17. The predicted molar refractivity (Wildman–Crippen MR) is 92.0 cm³/mol. The van der Waals surface area contributed by atoms with Gasteiger partial charge in [0.15, 0.2) is 0 Å². The molecular weight excluding hydrogens is 300 g/mol. The standard InChI is InChI=1S/C20H22N2O2/c1-3-19-11-22(2,23)16-9-20(19)13-6-4-5-7-15(13)21-18(20)17-8-14(19)12(16)10-24-17/h3-7,12,14,16-17H,1,8-11H2,2H3/t12-,14+,16-,17+,19+,20-,22?/m0/s1. The first-order valence-electron chi connectivity index (χ1n) is 9.03. The summed E-state index contributed by atoms with van der Waals surface area (Å²) in [5.74, 6) is 0.855. The largest absolute Gasteiger partial charge is 0.633 e. The zero-order chi connectivity index (χ0) is 16.3. The minimum atomic E-state index is -0.186. The molecule has 0 N–H and O–H groups in total. The summed E-state index contributed by atoms with van der Waals surface area (Å²) in [6.45, 7) is 5.60. The molecule has 0 amide bonds. The number of nitrogens with zero attached hydrogens (tertiary/aromatic N) is 2. The molecule has 7 rings (SSSR count). The topological polar surface area (TPSA) is 44.7 Å². The predicted octanol–water partition coefficient (Wildman–Crippen LogP) is 2.95. The highest BCUT2D eigenvalue weighted by Crippen LogP contribution is 2.71. The molecule has 0 aromatic heterocycles. The lowest BCUT2D eigenvalue weighted by Crippen LogP contribution is -2.82. The van der Waals surface area contributed by atoms with Crippen LogP contribution in [-0.2, 0) is 10.2 Å². The van der Waals surface area contributed by atoms with Crippen molar-refractivity contribution >= 4 is 11.4 Å². The third-order valence-corrected chi connectivity index (χ3v) is 7.93. The molecule has 7 atom stereocenters. The summed E-state index contributed by atoms with van der Waals surface area (Å²) >= 11 is 0. The number of rotatable bonds is 1. The third-order valence-electron chi connectivity index (χ3n) is 7.93. The van der Waals surface area contributed by atoms with E-state index in [0.717, 1.165) is 18.5 Å². The van der Waals surface area contributed by atoms with Crippen molar-refractivity contribution in [3.63, 3.8) is 0 Å². The van der Waals surface area contributed by atoms with E-state index in [1.165, 1.54) is 11.3 Å². The van der Waals surface area contributed by atoms with Crippen molar-refractivity contribution in [1.29, 1.82) is 0 Å². The van der Waals surface area contributed by atoms with Gasteiger partial charge in [0.2, 0.25) is 0 Å². The molecule has 1 spiro atoms. The Morgan fingerprint density at radius 3 is 3.08 bits per heavy atom. The van der Waals surface area contributed by atoms with Gasteiger partial charge in [0.05, 0.1) is 54.6 Å². The third kappa shape index (κ3) is 1.18. The van der Waals surface area contributed by atoms with Gasteiger partial charge in [0, 0.05) is 12.3 Å². The van der Waals surface area contributed by atoms with Gasteiger partial charge in [-0.2, -0.15) is 0 Å². The van der Waals surface area contributed by atoms with Crippen molar-refractivity contribution in [3.05, 3.63) is 47.7 Å². The van der Waals surface area contributed by atoms with Crippen LogP contribution in [0.5, 0.6) is 0 Å². The molecule has 3 saturated heterocycles. The number of fused-ring (bicyclic) bond motifs is 4. The van der Waals surface area contributed by atoms with Gasteiger partial charge < -0.3 is 14.6 Å². The summed E-state index contributed by atoms with van der Waals surface area (Å²) in [6.07, 6.45) is 4.15. The number of hydrogen-bond acceptors (Lipinski definition) is 3. The van der Waals surface area contributed by atoms with Crippen LogP contribution in [0.2, 0.25) is 0 Å². The van der Waals surface area contributed by atoms with Gasteiger partial charge in [0.25, 0.3) is 0 Å². The van der Waals surface area contributed by atoms with Gasteiger partial charge in [-0.05, 0) is 24.0 Å². The minimum absolute atomic E-state index is 0.106. The van der Waals surface area contributed by atoms with Crippen molar-refractivity contribution in [1.82, 2.24) is 0 Å². The molecule has 4 aliphatic heterocycles. The first kappa shape index (κ1) is 13.8. The average Bonchev–Trinajstić information content (AvgIpc) is 2.89. The molecule has 5 fully saturated rings. The van der Waals surface area contributed by atoms with Crippen LogP contribution in [-0.4, -0.2) is 42.7 Å². The number of hydroxylamine groups is 3. The fraction of sp³-hybridized carbons (Fsp3) is 0.550. The summed E-state index contributed by atoms with van der Waals surface area (Å²) in [4.78, 5) is 5.06. The number of para-hydroxylation sites is 1. The van der Waals surface area contributed by atoms with Crippen LogP contribution < -0.4 is 0 Å². The maximum absolute atomic E-state index is 13.4. The number of aliphatic imine (C=N–C) groups is 1. The number of piperidine rings is 2. The van der Waals surface area contributed by atoms with Gasteiger partial charge in [-0.1, -0.05) is 24.3 Å². The van der Waals surface area contributed by atoms with Crippen molar-refractivity contribution in [2.45, 2.75) is 30.4 Å². The highest BCUT2D eigenvalue weighted by molar-refractivity contribution is 6.07. The van der Waals surface area contributed by atoms with Gasteiger partial charge in [-0.15, -0.1) is 6.58 Å². The molecule has 4 heteroatoms. The normalized spacial score (nSPS) is 52.7. The molecule has 1 aromatic rings. The van der Waals surface area contributed by atoms with Crippen molar-refractivity contribution in [2.75, 3.05) is 20.2 Å². The molecule has 2 aliphatic carbocycles. The summed E-state index contributed by atoms with van der Waals surface area (Å²) in [7, 11) is 1.86. The second-order valence-electron chi connectivity index (χ2n) is 8.60. The molecule has 124 valence electrons. The molecule has 4 nitrogen and oxygen atoms in total. The van der Waals surface area contributed by atoms with Gasteiger partial charge in [-0.3, -0.25) is 4.99 Å². The zero-order valence-corrected chi connectivity index (χ0v) is 13.9. The molecule has 24 heavy (non-hydrogen) atoms. The second kappa shape index (κ2) is 3.85. The molecule has 2 saturated carbocycles. The van der Waals surface area contributed by atoms with Crippen LogP contribution >= 0.6 is 0 Å². The van der Waals surface area contributed by atoms with E-state index in [-0.39, 0.29) is 27.6 Å². The monoisotopic (exact) mass is 322 g/mol. The first-order chi connectivity index (χ1) is 11.5.